The molecule has 1 atom stereocenters. The lowest BCUT2D eigenvalue weighted by molar-refractivity contribution is 0.0444. The summed E-state index contributed by atoms with van der Waals surface area (Å²) in [6.45, 7) is 10.9. The number of aryl methyl sites for hydroxylation is 2. The van der Waals surface area contributed by atoms with Crippen LogP contribution in [0.4, 0.5) is 0 Å². The highest BCUT2D eigenvalue weighted by atomic mass is 16.6. The molecule has 2 heterocycles. The fraction of sp³-hybridized carbons (Fsp3) is 0.333. The van der Waals surface area contributed by atoms with Crippen molar-refractivity contribution in [1.82, 2.24) is 0 Å². The number of hydrogen-bond donors (Lipinski definition) is 4. The number of fused-ring (bicyclic) bond motifs is 4. The van der Waals surface area contributed by atoms with E-state index in [1.165, 1.54) is 14.2 Å². The van der Waals surface area contributed by atoms with Gasteiger partial charge in [0.1, 0.15) is 47.3 Å². The Balaban J connectivity index is 0.000000208. The van der Waals surface area contributed by atoms with Crippen LogP contribution in [0.25, 0.3) is 6.08 Å². The van der Waals surface area contributed by atoms with Gasteiger partial charge in [-0.3, -0.25) is 0 Å². The molecule has 2 aliphatic heterocycles. The molecule has 6 rings (SSSR count). The van der Waals surface area contributed by atoms with Gasteiger partial charge in [-0.05, 0) is 99.7 Å². The lowest BCUT2D eigenvalue weighted by Gasteiger charge is -2.23. The Bertz CT molecular complexity index is 2090. The number of ether oxygens (including phenoxy) is 6. The van der Waals surface area contributed by atoms with Crippen molar-refractivity contribution < 1.29 is 58.4 Å². The molecule has 0 bridgehead atoms. The Hall–Kier alpha value is -5.72. The fourth-order valence-electron chi connectivity index (χ4n) is 6.18. The zero-order valence-electron chi connectivity index (χ0n) is 31.6. The molecule has 0 radical (unpaired) electrons. The molecule has 4 N–H and O–H groups in total. The van der Waals surface area contributed by atoms with Crippen LogP contribution >= 0.6 is 0 Å². The summed E-state index contributed by atoms with van der Waals surface area (Å²) >= 11 is 0. The Morgan fingerprint density at radius 1 is 0.778 bits per heavy atom. The molecule has 0 aromatic heterocycles. The van der Waals surface area contributed by atoms with E-state index in [1.807, 2.05) is 27.7 Å². The lowest BCUT2D eigenvalue weighted by Crippen LogP contribution is -2.15. The van der Waals surface area contributed by atoms with Crippen LogP contribution in [0, 0.1) is 19.8 Å². The SMILES string of the molecule is COc1c(/C=C/C(C)(C)O)ccc2c1C(=O)OCc1cc(C)cc(O)c1O2.COc1c(C(O)CC(C)C)ccc2c1C(=O)OCc1cc(C)cc(O)c1O2. The first kappa shape index (κ1) is 39.5. The number of rotatable bonds is 7. The molecule has 0 spiro atoms. The third-order valence-electron chi connectivity index (χ3n) is 8.56. The Morgan fingerprint density at radius 3 is 1.72 bits per heavy atom. The summed E-state index contributed by atoms with van der Waals surface area (Å²) in [7, 11) is 2.87. The van der Waals surface area contributed by atoms with E-state index in [0.717, 1.165) is 11.1 Å². The van der Waals surface area contributed by atoms with E-state index in [4.69, 9.17) is 28.4 Å². The van der Waals surface area contributed by atoms with Gasteiger partial charge in [0, 0.05) is 22.3 Å². The van der Waals surface area contributed by atoms with Crippen molar-refractivity contribution in [3.05, 3.63) is 99.1 Å². The number of benzene rings is 4. The van der Waals surface area contributed by atoms with E-state index in [1.54, 1.807) is 74.5 Å². The van der Waals surface area contributed by atoms with Gasteiger partial charge in [-0.15, -0.1) is 0 Å². The molecule has 286 valence electrons. The summed E-state index contributed by atoms with van der Waals surface area (Å²) in [5.74, 6) is 0.420. The standard InChI is InChI=1S/C21H24O6.C21H22O6/c1-11(2)7-15(22)14-5-6-17-18(20(14)25-4)21(24)26-10-13-8-12(3)9-16(23)19(13)27-17;1-12-9-14-11-26-20(23)17-16(27-18(14)15(22)10-12)6-5-13(19(17)25-4)7-8-21(2,3)24/h5-6,8-9,11,15,22-23H,7,10H2,1-4H3;5-10,22,24H,11H2,1-4H3/b;8-7+. The lowest BCUT2D eigenvalue weighted by atomic mass is 9.96. The molecule has 12 nitrogen and oxygen atoms in total. The average Bonchev–Trinajstić information content (AvgIpc) is 3.08. The number of phenolic OH excluding ortho intramolecular Hbond substituents is 2. The van der Waals surface area contributed by atoms with Crippen LogP contribution in [0.3, 0.4) is 0 Å². The molecular weight excluding hydrogens is 696 g/mol. The van der Waals surface area contributed by atoms with Gasteiger partial charge in [-0.25, -0.2) is 9.59 Å². The molecule has 0 saturated carbocycles. The molecule has 0 aliphatic carbocycles. The van der Waals surface area contributed by atoms with E-state index >= 15 is 0 Å². The second-order valence-corrected chi connectivity index (χ2v) is 14.2. The quantitative estimate of drug-likeness (QED) is 0.134. The second kappa shape index (κ2) is 16.1. The number of hydrogen-bond acceptors (Lipinski definition) is 12. The van der Waals surface area contributed by atoms with E-state index in [0.29, 0.717) is 28.7 Å². The van der Waals surface area contributed by atoms with Crippen LogP contribution in [-0.4, -0.2) is 52.2 Å². The predicted octanol–water partition coefficient (Wildman–Crippen LogP) is 8.21. The van der Waals surface area contributed by atoms with Crippen LogP contribution in [-0.2, 0) is 22.7 Å². The van der Waals surface area contributed by atoms with Crippen molar-refractivity contribution in [2.45, 2.75) is 72.9 Å². The maximum atomic E-state index is 12.7. The Morgan fingerprint density at radius 2 is 1.26 bits per heavy atom. The van der Waals surface area contributed by atoms with Gasteiger partial charge in [-0.2, -0.15) is 0 Å². The highest BCUT2D eigenvalue weighted by Gasteiger charge is 2.31. The molecule has 4 aromatic carbocycles. The minimum Gasteiger partial charge on any atom is -0.504 e. The summed E-state index contributed by atoms with van der Waals surface area (Å²) in [6, 6.07) is 13.3. The van der Waals surface area contributed by atoms with Crippen LogP contribution in [0.5, 0.6) is 46.0 Å². The first-order valence-electron chi connectivity index (χ1n) is 17.4. The number of esters is 2. The highest BCUT2D eigenvalue weighted by molar-refractivity contribution is 5.98. The van der Waals surface area contributed by atoms with Crippen molar-refractivity contribution in [2.24, 2.45) is 5.92 Å². The maximum Gasteiger partial charge on any atom is 0.346 e. The summed E-state index contributed by atoms with van der Waals surface area (Å²) in [5.41, 5.74) is 3.12. The zero-order chi connectivity index (χ0) is 39.5. The Labute approximate surface area is 314 Å². The fourth-order valence-corrected chi connectivity index (χ4v) is 6.18. The van der Waals surface area contributed by atoms with Crippen LogP contribution in [0.1, 0.15) is 94.3 Å². The van der Waals surface area contributed by atoms with Gasteiger partial charge in [-0.1, -0.05) is 26.0 Å². The number of methoxy groups -OCH3 is 2. The Kier molecular flexibility index (Phi) is 11.8. The van der Waals surface area contributed by atoms with Gasteiger partial charge in [0.05, 0.1) is 25.9 Å². The van der Waals surface area contributed by atoms with Crippen LogP contribution < -0.4 is 18.9 Å². The van der Waals surface area contributed by atoms with E-state index in [9.17, 15) is 30.0 Å². The number of carbonyl (C=O) groups excluding carboxylic acids is 2. The minimum atomic E-state index is -1.02. The van der Waals surface area contributed by atoms with Crippen molar-refractivity contribution >= 4 is 18.0 Å². The molecule has 54 heavy (non-hydrogen) atoms. The predicted molar refractivity (Wildman–Crippen MR) is 200 cm³/mol. The number of aromatic hydroxyl groups is 2. The van der Waals surface area contributed by atoms with Crippen LogP contribution in [0.2, 0.25) is 0 Å². The first-order chi connectivity index (χ1) is 25.5. The van der Waals surface area contributed by atoms with Crippen molar-refractivity contribution in [3.63, 3.8) is 0 Å². The molecule has 0 amide bonds. The van der Waals surface area contributed by atoms with E-state index in [-0.39, 0.29) is 76.3 Å². The normalized spacial score (nSPS) is 14.1. The van der Waals surface area contributed by atoms with Gasteiger partial charge in [0.2, 0.25) is 0 Å². The largest absolute Gasteiger partial charge is 0.504 e. The molecule has 0 saturated heterocycles. The van der Waals surface area contributed by atoms with Gasteiger partial charge < -0.3 is 48.8 Å². The molecule has 4 aromatic rings. The summed E-state index contributed by atoms with van der Waals surface area (Å²) in [6.07, 6.45) is 3.00. The van der Waals surface area contributed by atoms with Gasteiger partial charge in [0.25, 0.3) is 0 Å². The number of aliphatic hydroxyl groups is 2. The molecule has 1 unspecified atom stereocenters. The molecular formula is C42H46O12. The second-order valence-electron chi connectivity index (χ2n) is 14.2. The van der Waals surface area contributed by atoms with Gasteiger partial charge in [0.15, 0.2) is 23.0 Å². The molecule has 0 fully saturated rings. The summed E-state index contributed by atoms with van der Waals surface area (Å²) < 4.78 is 33.5. The first-order valence-corrected chi connectivity index (χ1v) is 17.4. The summed E-state index contributed by atoms with van der Waals surface area (Å²) in [4.78, 5) is 25.3. The third kappa shape index (κ3) is 8.73. The number of phenols is 2. The van der Waals surface area contributed by atoms with Gasteiger partial charge >= 0.3 is 11.9 Å². The smallest absolute Gasteiger partial charge is 0.346 e. The van der Waals surface area contributed by atoms with Crippen molar-refractivity contribution in [2.75, 3.05) is 14.2 Å². The van der Waals surface area contributed by atoms with Crippen LogP contribution in [0.15, 0.2) is 54.6 Å². The number of carbonyl (C=O) groups is 2. The van der Waals surface area contributed by atoms with E-state index < -0.39 is 23.6 Å². The van der Waals surface area contributed by atoms with Crippen molar-refractivity contribution in [1.29, 1.82) is 0 Å². The monoisotopic (exact) mass is 742 g/mol. The maximum absolute atomic E-state index is 12.7. The topological polar surface area (TPSA) is 170 Å². The molecule has 12 heteroatoms. The number of cyclic esters (lactones) is 2. The van der Waals surface area contributed by atoms with Crippen molar-refractivity contribution in [3.8, 4) is 46.0 Å². The highest BCUT2D eigenvalue weighted by Crippen LogP contribution is 2.45. The zero-order valence-corrected chi connectivity index (χ0v) is 31.6. The third-order valence-corrected chi connectivity index (χ3v) is 8.56. The molecule has 2 aliphatic rings. The average molecular weight is 743 g/mol. The minimum absolute atomic E-state index is 0.0288. The van der Waals surface area contributed by atoms with E-state index in [2.05, 4.69) is 0 Å². The summed E-state index contributed by atoms with van der Waals surface area (Å²) in [5, 5.41) is 41.0. The number of aliphatic hydroxyl groups excluding tert-OH is 1.